The lowest BCUT2D eigenvalue weighted by atomic mass is 9.96. The van der Waals surface area contributed by atoms with Crippen molar-refractivity contribution in [3.8, 4) is 5.75 Å². The molecule has 0 spiro atoms. The summed E-state index contributed by atoms with van der Waals surface area (Å²) in [5.41, 5.74) is 1.20. The summed E-state index contributed by atoms with van der Waals surface area (Å²) in [6.07, 6.45) is 2.18. The van der Waals surface area contributed by atoms with Crippen molar-refractivity contribution >= 4 is 11.6 Å². The molecule has 2 aliphatic rings. The second kappa shape index (κ2) is 7.21. The number of amides is 1. The zero-order chi connectivity index (χ0) is 16.2. The normalized spacial score (nSPS) is 23.0. The summed E-state index contributed by atoms with van der Waals surface area (Å²) in [7, 11) is 3.79. The van der Waals surface area contributed by atoms with Crippen LogP contribution in [-0.2, 0) is 4.79 Å². The predicted molar refractivity (Wildman–Crippen MR) is 92.0 cm³/mol. The van der Waals surface area contributed by atoms with Gasteiger partial charge in [-0.2, -0.15) is 0 Å². The van der Waals surface area contributed by atoms with E-state index >= 15 is 0 Å². The Hall–Kier alpha value is -1.75. The predicted octanol–water partition coefficient (Wildman–Crippen LogP) is 1.69. The Morgan fingerprint density at radius 2 is 1.78 bits per heavy atom. The molecule has 2 fully saturated rings. The Labute approximate surface area is 138 Å². The Morgan fingerprint density at radius 1 is 1.09 bits per heavy atom. The first-order valence-electron chi connectivity index (χ1n) is 8.53. The molecule has 1 aromatic rings. The summed E-state index contributed by atoms with van der Waals surface area (Å²) in [6, 6.07) is 8.16. The number of piperidine rings is 1. The van der Waals surface area contributed by atoms with Crippen LogP contribution in [0.4, 0.5) is 5.69 Å². The average molecular weight is 317 g/mol. The van der Waals surface area contributed by atoms with Gasteiger partial charge in [0.1, 0.15) is 5.75 Å². The van der Waals surface area contributed by atoms with Gasteiger partial charge in [0.25, 0.3) is 0 Å². The lowest BCUT2D eigenvalue weighted by Gasteiger charge is -2.39. The fourth-order valence-electron chi connectivity index (χ4n) is 3.60. The van der Waals surface area contributed by atoms with Crippen molar-refractivity contribution in [3.05, 3.63) is 24.3 Å². The maximum absolute atomic E-state index is 12.7. The molecule has 23 heavy (non-hydrogen) atoms. The number of anilines is 1. The minimum Gasteiger partial charge on any atom is -0.497 e. The molecule has 0 radical (unpaired) electrons. The number of hydrogen-bond acceptors (Lipinski definition) is 4. The van der Waals surface area contributed by atoms with Gasteiger partial charge in [0.05, 0.1) is 13.0 Å². The van der Waals surface area contributed by atoms with Crippen LogP contribution in [-0.4, -0.2) is 69.1 Å². The molecule has 0 aromatic heterocycles. The molecule has 2 aliphatic heterocycles. The third-order valence-corrected chi connectivity index (χ3v) is 5.00. The van der Waals surface area contributed by atoms with E-state index in [0.717, 1.165) is 57.9 Å². The standard InChI is InChI=1S/C18H27N3O2/c1-19-9-3-4-15(14-19)18(22)21-12-10-20(11-13-21)16-5-7-17(23-2)8-6-16/h5-8,15H,3-4,9-14H2,1-2H3/t15-/m0/s1. The van der Waals surface area contributed by atoms with E-state index in [4.69, 9.17) is 4.74 Å². The first-order chi connectivity index (χ1) is 11.2. The number of benzene rings is 1. The lowest BCUT2D eigenvalue weighted by Crippen LogP contribution is -2.52. The molecule has 0 saturated carbocycles. The topological polar surface area (TPSA) is 36.0 Å². The Morgan fingerprint density at radius 3 is 2.39 bits per heavy atom. The highest BCUT2D eigenvalue weighted by Crippen LogP contribution is 2.22. The third-order valence-electron chi connectivity index (χ3n) is 5.00. The van der Waals surface area contributed by atoms with Crippen LogP contribution >= 0.6 is 0 Å². The van der Waals surface area contributed by atoms with Gasteiger partial charge >= 0.3 is 0 Å². The molecule has 2 heterocycles. The number of rotatable bonds is 3. The van der Waals surface area contributed by atoms with Crippen LogP contribution in [0.3, 0.4) is 0 Å². The largest absolute Gasteiger partial charge is 0.497 e. The summed E-state index contributed by atoms with van der Waals surface area (Å²) < 4.78 is 5.21. The molecule has 1 aromatic carbocycles. The minimum atomic E-state index is 0.196. The fourth-order valence-corrected chi connectivity index (χ4v) is 3.60. The average Bonchev–Trinajstić information content (AvgIpc) is 2.61. The van der Waals surface area contributed by atoms with Crippen LogP contribution in [0.2, 0.25) is 0 Å². The van der Waals surface area contributed by atoms with Gasteiger partial charge in [-0.05, 0) is 50.7 Å². The molecule has 5 heteroatoms. The van der Waals surface area contributed by atoms with Gasteiger partial charge in [0.15, 0.2) is 0 Å². The fraction of sp³-hybridized carbons (Fsp3) is 0.611. The second-order valence-corrected chi connectivity index (χ2v) is 6.61. The van der Waals surface area contributed by atoms with Crippen LogP contribution in [0.1, 0.15) is 12.8 Å². The van der Waals surface area contributed by atoms with Crippen molar-refractivity contribution in [1.82, 2.24) is 9.80 Å². The summed E-state index contributed by atoms with van der Waals surface area (Å²) >= 11 is 0. The molecule has 0 N–H and O–H groups in total. The number of ether oxygens (including phenoxy) is 1. The molecule has 3 rings (SSSR count). The maximum Gasteiger partial charge on any atom is 0.227 e. The van der Waals surface area contributed by atoms with Crippen LogP contribution in [0, 0.1) is 5.92 Å². The number of methoxy groups -OCH3 is 1. The van der Waals surface area contributed by atoms with Gasteiger partial charge < -0.3 is 19.4 Å². The van der Waals surface area contributed by atoms with Crippen molar-refractivity contribution in [2.45, 2.75) is 12.8 Å². The van der Waals surface area contributed by atoms with Crippen LogP contribution in [0.25, 0.3) is 0 Å². The highest BCUT2D eigenvalue weighted by Gasteiger charge is 2.29. The van der Waals surface area contributed by atoms with E-state index in [1.54, 1.807) is 7.11 Å². The number of carbonyl (C=O) groups excluding carboxylic acids is 1. The van der Waals surface area contributed by atoms with E-state index in [1.165, 1.54) is 5.69 Å². The molecule has 1 atom stereocenters. The Bertz CT molecular complexity index is 524. The van der Waals surface area contributed by atoms with Crippen LogP contribution < -0.4 is 9.64 Å². The Kier molecular flexibility index (Phi) is 5.06. The maximum atomic E-state index is 12.7. The van der Waals surface area contributed by atoms with E-state index in [9.17, 15) is 4.79 Å². The number of hydrogen-bond donors (Lipinski definition) is 0. The first-order valence-corrected chi connectivity index (χ1v) is 8.53. The van der Waals surface area contributed by atoms with E-state index in [0.29, 0.717) is 5.91 Å². The summed E-state index contributed by atoms with van der Waals surface area (Å²) in [6.45, 7) is 5.49. The molecule has 0 aliphatic carbocycles. The molecular formula is C18H27N3O2. The lowest BCUT2D eigenvalue weighted by molar-refractivity contribution is -0.137. The van der Waals surface area contributed by atoms with E-state index in [-0.39, 0.29) is 5.92 Å². The molecule has 5 nitrogen and oxygen atoms in total. The van der Waals surface area contributed by atoms with Gasteiger partial charge in [-0.3, -0.25) is 4.79 Å². The molecule has 126 valence electrons. The van der Waals surface area contributed by atoms with E-state index in [1.807, 2.05) is 12.1 Å². The number of piperazine rings is 1. The van der Waals surface area contributed by atoms with Crippen molar-refractivity contribution in [2.75, 3.05) is 58.3 Å². The highest BCUT2D eigenvalue weighted by atomic mass is 16.5. The SMILES string of the molecule is COc1ccc(N2CCN(C(=O)[C@H]3CCCN(C)C3)CC2)cc1. The smallest absolute Gasteiger partial charge is 0.227 e. The molecule has 2 saturated heterocycles. The zero-order valence-electron chi connectivity index (χ0n) is 14.2. The van der Waals surface area contributed by atoms with E-state index < -0.39 is 0 Å². The first kappa shape index (κ1) is 16.1. The number of carbonyl (C=O) groups is 1. The van der Waals surface area contributed by atoms with E-state index in [2.05, 4.69) is 33.9 Å². The van der Waals surface area contributed by atoms with Gasteiger partial charge in [-0.1, -0.05) is 0 Å². The molecule has 0 unspecified atom stereocenters. The molecular weight excluding hydrogens is 290 g/mol. The van der Waals surface area contributed by atoms with Gasteiger partial charge in [-0.15, -0.1) is 0 Å². The van der Waals surface area contributed by atoms with Crippen molar-refractivity contribution < 1.29 is 9.53 Å². The van der Waals surface area contributed by atoms with Crippen molar-refractivity contribution in [2.24, 2.45) is 5.92 Å². The van der Waals surface area contributed by atoms with Gasteiger partial charge in [0, 0.05) is 38.4 Å². The highest BCUT2D eigenvalue weighted by molar-refractivity contribution is 5.79. The van der Waals surface area contributed by atoms with Crippen LogP contribution in [0.5, 0.6) is 5.75 Å². The summed E-state index contributed by atoms with van der Waals surface area (Å²) in [5.74, 6) is 1.43. The quantitative estimate of drug-likeness (QED) is 0.850. The number of nitrogens with zero attached hydrogens (tertiary/aromatic N) is 3. The van der Waals surface area contributed by atoms with Gasteiger partial charge in [0.2, 0.25) is 5.91 Å². The monoisotopic (exact) mass is 317 g/mol. The Balaban J connectivity index is 1.54. The van der Waals surface area contributed by atoms with Crippen molar-refractivity contribution in [1.29, 1.82) is 0 Å². The molecule has 1 amide bonds. The minimum absolute atomic E-state index is 0.196. The third kappa shape index (κ3) is 3.78. The second-order valence-electron chi connectivity index (χ2n) is 6.61. The van der Waals surface area contributed by atoms with Gasteiger partial charge in [-0.25, -0.2) is 0 Å². The van der Waals surface area contributed by atoms with Crippen LogP contribution in [0.15, 0.2) is 24.3 Å². The number of likely N-dealkylation sites (tertiary alicyclic amines) is 1. The summed E-state index contributed by atoms with van der Waals surface area (Å²) in [5, 5.41) is 0. The summed E-state index contributed by atoms with van der Waals surface area (Å²) in [4.78, 5) is 19.4. The molecule has 0 bridgehead atoms. The van der Waals surface area contributed by atoms with Crippen molar-refractivity contribution in [3.63, 3.8) is 0 Å². The zero-order valence-corrected chi connectivity index (χ0v) is 14.2.